The van der Waals surface area contributed by atoms with Gasteiger partial charge in [-0.05, 0) is 31.2 Å². The molecule has 0 spiro atoms. The summed E-state index contributed by atoms with van der Waals surface area (Å²) in [6, 6.07) is 7.19. The first kappa shape index (κ1) is 16.5. The number of aliphatic hydroxyl groups excluding tert-OH is 1. The Hall–Kier alpha value is -1.59. The Balaban J connectivity index is 2.79. The fourth-order valence-corrected chi connectivity index (χ4v) is 2.26. The molecule has 5 heteroatoms. The first-order valence-corrected chi connectivity index (χ1v) is 6.73. The van der Waals surface area contributed by atoms with Gasteiger partial charge in [0.25, 0.3) is 0 Å². The standard InChI is InChI=1S/C15H23NO4/c1-4-13(16(2)9-8-14(17)18)15(19)11-6-5-7-12(10-11)20-3/h5-7,10,13,15,19H,4,8-9H2,1-3H3,(H,17,18). The lowest BCUT2D eigenvalue weighted by atomic mass is 9.99. The van der Waals surface area contributed by atoms with E-state index in [-0.39, 0.29) is 12.5 Å². The van der Waals surface area contributed by atoms with Crippen LogP contribution in [-0.2, 0) is 4.79 Å². The molecule has 0 aliphatic carbocycles. The van der Waals surface area contributed by atoms with Crippen LogP contribution >= 0.6 is 0 Å². The van der Waals surface area contributed by atoms with Crippen molar-refractivity contribution in [2.45, 2.75) is 31.9 Å². The minimum atomic E-state index is -0.831. The maximum Gasteiger partial charge on any atom is 0.304 e. The summed E-state index contributed by atoms with van der Waals surface area (Å²) in [6.07, 6.45) is 0.126. The molecule has 0 heterocycles. The quantitative estimate of drug-likeness (QED) is 0.761. The van der Waals surface area contributed by atoms with Gasteiger partial charge in [0.2, 0.25) is 0 Å². The average molecular weight is 281 g/mol. The van der Waals surface area contributed by atoms with Gasteiger partial charge >= 0.3 is 5.97 Å². The van der Waals surface area contributed by atoms with Crippen LogP contribution in [0, 0.1) is 0 Å². The highest BCUT2D eigenvalue weighted by atomic mass is 16.5. The third-order valence-electron chi connectivity index (χ3n) is 3.46. The molecule has 0 amide bonds. The minimum Gasteiger partial charge on any atom is -0.497 e. The number of carboxylic acid groups (broad SMARTS) is 1. The van der Waals surface area contributed by atoms with Gasteiger partial charge in [0.05, 0.1) is 19.6 Å². The topological polar surface area (TPSA) is 70.0 Å². The lowest BCUT2D eigenvalue weighted by molar-refractivity contribution is -0.137. The predicted molar refractivity (Wildman–Crippen MR) is 76.9 cm³/mol. The van der Waals surface area contributed by atoms with Gasteiger partial charge in [0, 0.05) is 12.6 Å². The summed E-state index contributed by atoms with van der Waals surface area (Å²) in [4.78, 5) is 12.5. The molecule has 0 aliphatic heterocycles. The summed E-state index contributed by atoms with van der Waals surface area (Å²) in [5.74, 6) is -0.132. The van der Waals surface area contributed by atoms with Crippen molar-refractivity contribution < 1.29 is 19.7 Å². The van der Waals surface area contributed by atoms with Crippen molar-refractivity contribution in [1.29, 1.82) is 0 Å². The van der Waals surface area contributed by atoms with Gasteiger partial charge in [-0.25, -0.2) is 0 Å². The van der Waals surface area contributed by atoms with Crippen molar-refractivity contribution >= 4 is 5.97 Å². The Bertz CT molecular complexity index is 436. The number of carbonyl (C=O) groups is 1. The summed E-state index contributed by atoms with van der Waals surface area (Å²) >= 11 is 0. The molecule has 0 saturated carbocycles. The highest BCUT2D eigenvalue weighted by molar-refractivity contribution is 5.66. The summed E-state index contributed by atoms with van der Waals surface area (Å²) in [5, 5.41) is 19.2. The molecule has 5 nitrogen and oxygen atoms in total. The van der Waals surface area contributed by atoms with E-state index >= 15 is 0 Å². The van der Waals surface area contributed by atoms with E-state index in [0.29, 0.717) is 12.3 Å². The van der Waals surface area contributed by atoms with E-state index in [1.807, 2.05) is 37.1 Å². The Morgan fingerprint density at radius 1 is 1.45 bits per heavy atom. The SMILES string of the molecule is CCC(C(O)c1cccc(OC)c1)N(C)CCC(=O)O. The summed E-state index contributed by atoms with van der Waals surface area (Å²) in [7, 11) is 3.42. The van der Waals surface area contributed by atoms with Crippen molar-refractivity contribution in [2.75, 3.05) is 20.7 Å². The second-order valence-corrected chi connectivity index (χ2v) is 4.82. The Kier molecular flexibility index (Phi) is 6.48. The van der Waals surface area contributed by atoms with E-state index in [0.717, 1.165) is 12.0 Å². The fraction of sp³-hybridized carbons (Fsp3) is 0.533. The van der Waals surface area contributed by atoms with Crippen molar-refractivity contribution in [3.05, 3.63) is 29.8 Å². The van der Waals surface area contributed by atoms with E-state index in [1.54, 1.807) is 13.2 Å². The van der Waals surface area contributed by atoms with Crippen LogP contribution in [0.15, 0.2) is 24.3 Å². The summed E-state index contributed by atoms with van der Waals surface area (Å²) in [5.41, 5.74) is 0.776. The van der Waals surface area contributed by atoms with Crippen LogP contribution in [0.4, 0.5) is 0 Å². The Morgan fingerprint density at radius 2 is 2.15 bits per heavy atom. The van der Waals surface area contributed by atoms with E-state index in [2.05, 4.69) is 0 Å². The fourth-order valence-electron chi connectivity index (χ4n) is 2.26. The third kappa shape index (κ3) is 4.51. The van der Waals surface area contributed by atoms with Gasteiger partial charge in [0.15, 0.2) is 0 Å². The molecule has 112 valence electrons. The molecular formula is C15H23NO4. The zero-order chi connectivity index (χ0) is 15.1. The monoisotopic (exact) mass is 281 g/mol. The normalized spacial score (nSPS) is 14.1. The molecule has 1 rings (SSSR count). The van der Waals surface area contributed by atoms with Gasteiger partial charge in [-0.15, -0.1) is 0 Å². The number of aliphatic hydroxyl groups is 1. The van der Waals surface area contributed by atoms with Crippen LogP contribution < -0.4 is 4.74 Å². The van der Waals surface area contributed by atoms with Crippen molar-refractivity contribution in [3.63, 3.8) is 0 Å². The van der Waals surface area contributed by atoms with Crippen molar-refractivity contribution in [1.82, 2.24) is 4.90 Å². The number of rotatable bonds is 8. The molecule has 0 saturated heterocycles. The number of ether oxygens (including phenoxy) is 1. The van der Waals surface area contributed by atoms with E-state index in [1.165, 1.54) is 0 Å². The molecule has 0 radical (unpaired) electrons. The molecule has 0 fully saturated rings. The molecule has 2 atom stereocenters. The third-order valence-corrected chi connectivity index (χ3v) is 3.46. The zero-order valence-electron chi connectivity index (χ0n) is 12.2. The number of carboxylic acids is 1. The molecule has 0 bridgehead atoms. The maximum absolute atomic E-state index is 10.6. The molecule has 2 N–H and O–H groups in total. The van der Waals surface area contributed by atoms with Crippen LogP contribution in [0.3, 0.4) is 0 Å². The molecule has 0 aromatic heterocycles. The van der Waals surface area contributed by atoms with Gasteiger partial charge in [0.1, 0.15) is 5.75 Å². The number of likely N-dealkylation sites (N-methyl/N-ethyl adjacent to an activating group) is 1. The summed E-state index contributed by atoms with van der Waals surface area (Å²) < 4.78 is 5.16. The highest BCUT2D eigenvalue weighted by Gasteiger charge is 2.23. The van der Waals surface area contributed by atoms with Gasteiger partial charge in [-0.2, -0.15) is 0 Å². The van der Waals surface area contributed by atoms with Gasteiger partial charge in [-0.1, -0.05) is 19.1 Å². The Morgan fingerprint density at radius 3 is 2.70 bits per heavy atom. The molecule has 20 heavy (non-hydrogen) atoms. The van der Waals surface area contributed by atoms with E-state index in [9.17, 15) is 9.90 Å². The van der Waals surface area contributed by atoms with Crippen molar-refractivity contribution in [3.8, 4) is 5.75 Å². The first-order valence-electron chi connectivity index (χ1n) is 6.73. The Labute approximate surface area is 119 Å². The number of nitrogens with zero attached hydrogens (tertiary/aromatic N) is 1. The number of benzene rings is 1. The summed E-state index contributed by atoms with van der Waals surface area (Å²) in [6.45, 7) is 2.39. The van der Waals surface area contributed by atoms with Crippen LogP contribution in [0.2, 0.25) is 0 Å². The highest BCUT2D eigenvalue weighted by Crippen LogP contribution is 2.25. The van der Waals surface area contributed by atoms with Crippen molar-refractivity contribution in [2.24, 2.45) is 0 Å². The number of hydrogen-bond acceptors (Lipinski definition) is 4. The lowest BCUT2D eigenvalue weighted by Crippen LogP contribution is -2.37. The van der Waals surface area contributed by atoms with Crippen LogP contribution in [-0.4, -0.2) is 47.8 Å². The van der Waals surface area contributed by atoms with Crippen LogP contribution in [0.1, 0.15) is 31.4 Å². The molecule has 1 aromatic rings. The van der Waals surface area contributed by atoms with Crippen LogP contribution in [0.5, 0.6) is 5.75 Å². The maximum atomic E-state index is 10.6. The van der Waals surface area contributed by atoms with Gasteiger partial charge < -0.3 is 14.9 Å². The molecule has 0 aliphatic rings. The second kappa shape index (κ2) is 7.87. The zero-order valence-corrected chi connectivity index (χ0v) is 12.2. The molecule has 2 unspecified atom stereocenters. The molecular weight excluding hydrogens is 258 g/mol. The number of methoxy groups -OCH3 is 1. The minimum absolute atomic E-state index is 0.0673. The predicted octanol–water partition coefficient (Wildman–Crippen LogP) is 1.91. The number of hydrogen-bond donors (Lipinski definition) is 2. The average Bonchev–Trinajstić information content (AvgIpc) is 2.45. The number of aliphatic carboxylic acids is 1. The second-order valence-electron chi connectivity index (χ2n) is 4.82. The van der Waals surface area contributed by atoms with Gasteiger partial charge in [-0.3, -0.25) is 9.69 Å². The first-order chi connectivity index (χ1) is 9.49. The lowest BCUT2D eigenvalue weighted by Gasteiger charge is -2.31. The molecule has 1 aromatic carbocycles. The largest absolute Gasteiger partial charge is 0.497 e. The van der Waals surface area contributed by atoms with E-state index in [4.69, 9.17) is 9.84 Å². The van der Waals surface area contributed by atoms with E-state index < -0.39 is 12.1 Å². The van der Waals surface area contributed by atoms with Crippen LogP contribution in [0.25, 0.3) is 0 Å². The smallest absolute Gasteiger partial charge is 0.304 e.